The van der Waals surface area contributed by atoms with E-state index < -0.39 is 9.84 Å². The predicted octanol–water partition coefficient (Wildman–Crippen LogP) is 4.08. The van der Waals surface area contributed by atoms with Crippen molar-refractivity contribution < 1.29 is 22.4 Å². The monoisotopic (exact) mass is 415 g/mol. The van der Waals surface area contributed by atoms with Gasteiger partial charge in [-0.2, -0.15) is 0 Å². The Balaban J connectivity index is 1.81. The first-order valence-corrected chi connectivity index (χ1v) is 11.1. The van der Waals surface area contributed by atoms with Crippen LogP contribution in [0.5, 0.6) is 0 Å². The van der Waals surface area contributed by atoms with Crippen LogP contribution in [0.15, 0.2) is 63.9 Å². The maximum absolute atomic E-state index is 13.1. The van der Waals surface area contributed by atoms with Gasteiger partial charge in [-0.1, -0.05) is 18.2 Å². The molecule has 3 rings (SSSR count). The lowest BCUT2D eigenvalue weighted by molar-refractivity contribution is 0.0684. The van der Waals surface area contributed by atoms with Crippen LogP contribution in [0.25, 0.3) is 11.0 Å². The number of fused-ring (bicyclic) bond motifs is 1. The van der Waals surface area contributed by atoms with Gasteiger partial charge in [-0.15, -0.1) is 0 Å². The molecule has 1 heterocycles. The molecule has 0 radical (unpaired) electrons. The van der Waals surface area contributed by atoms with Crippen LogP contribution in [0.3, 0.4) is 0 Å². The van der Waals surface area contributed by atoms with Crippen molar-refractivity contribution in [1.82, 2.24) is 4.90 Å². The zero-order valence-electron chi connectivity index (χ0n) is 16.8. The highest BCUT2D eigenvalue weighted by atomic mass is 32.2. The number of hydrogen-bond acceptors (Lipinski definition) is 5. The van der Waals surface area contributed by atoms with E-state index in [0.29, 0.717) is 17.9 Å². The third-order valence-electron chi connectivity index (χ3n) is 4.94. The highest BCUT2D eigenvalue weighted by molar-refractivity contribution is 7.91. The SMILES string of the molecule is CCN(C(=O)c1ccc(S(=O)(=O)CCOC)cc1)[C@@H](C)c1cc2ccccc2o1. The van der Waals surface area contributed by atoms with Crippen LogP contribution >= 0.6 is 0 Å². The molecule has 154 valence electrons. The van der Waals surface area contributed by atoms with E-state index in [4.69, 9.17) is 9.15 Å². The summed E-state index contributed by atoms with van der Waals surface area (Å²) in [4.78, 5) is 14.9. The summed E-state index contributed by atoms with van der Waals surface area (Å²) in [5.41, 5.74) is 1.21. The van der Waals surface area contributed by atoms with E-state index in [-0.39, 0.29) is 29.2 Å². The van der Waals surface area contributed by atoms with E-state index in [1.54, 1.807) is 17.0 Å². The van der Waals surface area contributed by atoms with E-state index >= 15 is 0 Å². The fourth-order valence-corrected chi connectivity index (χ4v) is 4.41. The van der Waals surface area contributed by atoms with Crippen LogP contribution in [-0.2, 0) is 14.6 Å². The Kier molecular flexibility index (Phi) is 6.39. The number of ether oxygens (including phenoxy) is 1. The molecule has 0 bridgehead atoms. The molecule has 0 N–H and O–H groups in total. The van der Waals surface area contributed by atoms with Gasteiger partial charge < -0.3 is 14.1 Å². The summed E-state index contributed by atoms with van der Waals surface area (Å²) in [6.07, 6.45) is 0. The summed E-state index contributed by atoms with van der Waals surface area (Å²) >= 11 is 0. The maximum atomic E-state index is 13.1. The van der Waals surface area contributed by atoms with Crippen LogP contribution in [0, 0.1) is 0 Å². The van der Waals surface area contributed by atoms with Gasteiger partial charge in [-0.05, 0) is 50.2 Å². The van der Waals surface area contributed by atoms with Gasteiger partial charge in [-0.3, -0.25) is 4.79 Å². The van der Waals surface area contributed by atoms with Crippen LogP contribution in [0.4, 0.5) is 0 Å². The molecular formula is C22H25NO5S. The second-order valence-electron chi connectivity index (χ2n) is 6.79. The Labute approximate surface area is 171 Å². The zero-order chi connectivity index (χ0) is 21.0. The van der Waals surface area contributed by atoms with Crippen molar-refractivity contribution in [2.45, 2.75) is 24.8 Å². The molecule has 0 saturated carbocycles. The van der Waals surface area contributed by atoms with E-state index in [2.05, 4.69) is 0 Å². The number of benzene rings is 2. The van der Waals surface area contributed by atoms with E-state index in [1.165, 1.54) is 19.2 Å². The van der Waals surface area contributed by atoms with Crippen molar-refractivity contribution in [3.63, 3.8) is 0 Å². The van der Waals surface area contributed by atoms with Crippen LogP contribution in [0.1, 0.15) is 36.0 Å². The quantitative estimate of drug-likeness (QED) is 0.554. The molecule has 1 atom stereocenters. The molecule has 1 aromatic heterocycles. The number of furan rings is 1. The third kappa shape index (κ3) is 4.52. The summed E-state index contributed by atoms with van der Waals surface area (Å²) in [6.45, 7) is 4.44. The fraction of sp³-hybridized carbons (Fsp3) is 0.318. The summed E-state index contributed by atoms with van der Waals surface area (Å²) in [5, 5.41) is 0.989. The fourth-order valence-electron chi connectivity index (χ4n) is 3.24. The first-order chi connectivity index (χ1) is 13.9. The number of nitrogens with zero attached hydrogens (tertiary/aromatic N) is 1. The van der Waals surface area contributed by atoms with Gasteiger partial charge in [0.2, 0.25) is 0 Å². The van der Waals surface area contributed by atoms with E-state index in [9.17, 15) is 13.2 Å². The number of para-hydroxylation sites is 1. The molecule has 29 heavy (non-hydrogen) atoms. The number of carbonyl (C=O) groups is 1. The summed E-state index contributed by atoms with van der Waals surface area (Å²) in [5.74, 6) is 0.433. The molecule has 0 aliphatic rings. The van der Waals surface area contributed by atoms with Crippen molar-refractivity contribution in [1.29, 1.82) is 0 Å². The summed E-state index contributed by atoms with van der Waals surface area (Å²) in [7, 11) is -1.97. The van der Waals surface area contributed by atoms with Gasteiger partial charge >= 0.3 is 0 Å². The minimum atomic E-state index is -3.43. The second kappa shape index (κ2) is 8.80. The van der Waals surface area contributed by atoms with Gasteiger partial charge in [0.05, 0.1) is 23.3 Å². The Morgan fingerprint density at radius 1 is 1.14 bits per heavy atom. The molecule has 0 saturated heterocycles. The lowest BCUT2D eigenvalue weighted by Gasteiger charge is -2.26. The minimum Gasteiger partial charge on any atom is -0.459 e. The van der Waals surface area contributed by atoms with Gasteiger partial charge in [0, 0.05) is 24.6 Å². The van der Waals surface area contributed by atoms with Crippen molar-refractivity contribution >= 4 is 26.7 Å². The topological polar surface area (TPSA) is 76.8 Å². The van der Waals surface area contributed by atoms with E-state index in [0.717, 1.165) is 11.0 Å². The number of amides is 1. The summed E-state index contributed by atoms with van der Waals surface area (Å²) < 4.78 is 35.3. The van der Waals surface area contributed by atoms with Gasteiger partial charge in [0.25, 0.3) is 5.91 Å². The molecule has 1 amide bonds. The highest BCUT2D eigenvalue weighted by Gasteiger charge is 2.24. The molecule has 2 aromatic carbocycles. The van der Waals surface area contributed by atoms with Gasteiger partial charge in [0.1, 0.15) is 11.3 Å². The molecule has 0 unspecified atom stereocenters. The number of rotatable bonds is 8. The predicted molar refractivity (Wildman–Crippen MR) is 112 cm³/mol. The molecule has 0 aliphatic carbocycles. The molecule has 0 spiro atoms. The molecule has 7 heteroatoms. The maximum Gasteiger partial charge on any atom is 0.254 e. The van der Waals surface area contributed by atoms with Gasteiger partial charge in [-0.25, -0.2) is 8.42 Å². The van der Waals surface area contributed by atoms with Crippen molar-refractivity contribution in [2.24, 2.45) is 0 Å². The highest BCUT2D eigenvalue weighted by Crippen LogP contribution is 2.28. The van der Waals surface area contributed by atoms with Crippen molar-refractivity contribution in [3.05, 3.63) is 65.9 Å². The Bertz CT molecular complexity index is 1050. The number of hydrogen-bond donors (Lipinski definition) is 0. The normalized spacial score (nSPS) is 12.8. The van der Waals surface area contributed by atoms with E-state index in [1.807, 2.05) is 44.2 Å². The molecular weight excluding hydrogens is 390 g/mol. The van der Waals surface area contributed by atoms with Crippen molar-refractivity contribution in [3.8, 4) is 0 Å². The Morgan fingerprint density at radius 3 is 2.45 bits per heavy atom. The second-order valence-corrected chi connectivity index (χ2v) is 8.90. The summed E-state index contributed by atoms with van der Waals surface area (Å²) in [6, 6.07) is 15.4. The molecule has 3 aromatic rings. The minimum absolute atomic E-state index is 0.0963. The average molecular weight is 416 g/mol. The first kappa shape index (κ1) is 21.1. The molecule has 6 nitrogen and oxygen atoms in total. The third-order valence-corrected chi connectivity index (χ3v) is 6.64. The Morgan fingerprint density at radius 2 is 1.83 bits per heavy atom. The lowest BCUT2D eigenvalue weighted by Crippen LogP contribution is -2.33. The molecule has 0 fully saturated rings. The van der Waals surface area contributed by atoms with Crippen LogP contribution in [-0.4, -0.2) is 45.2 Å². The number of sulfone groups is 1. The lowest BCUT2D eigenvalue weighted by atomic mass is 10.1. The van der Waals surface area contributed by atoms with Crippen LogP contribution < -0.4 is 0 Å². The Hall–Kier alpha value is -2.64. The largest absolute Gasteiger partial charge is 0.459 e. The zero-order valence-corrected chi connectivity index (χ0v) is 17.6. The van der Waals surface area contributed by atoms with Gasteiger partial charge in [0.15, 0.2) is 9.84 Å². The number of carbonyl (C=O) groups excluding carboxylic acids is 1. The molecule has 0 aliphatic heterocycles. The average Bonchev–Trinajstić information content (AvgIpc) is 3.17. The van der Waals surface area contributed by atoms with Crippen molar-refractivity contribution in [2.75, 3.05) is 26.0 Å². The number of methoxy groups -OCH3 is 1. The smallest absolute Gasteiger partial charge is 0.254 e. The van der Waals surface area contributed by atoms with Crippen LogP contribution in [0.2, 0.25) is 0 Å². The standard InChI is InChI=1S/C22H25NO5S/c1-4-23(16(2)21-15-18-7-5-6-8-20(18)28-21)22(24)17-9-11-19(12-10-17)29(25,26)14-13-27-3/h5-12,15-16H,4,13-14H2,1-3H3/t16-/m0/s1. The first-order valence-electron chi connectivity index (χ1n) is 9.48.